The summed E-state index contributed by atoms with van der Waals surface area (Å²) >= 11 is 0. The number of aromatic nitrogens is 2. The number of ether oxygens (including phenoxy) is 2. The van der Waals surface area contributed by atoms with Crippen LogP contribution in [0.5, 0.6) is 11.5 Å². The van der Waals surface area contributed by atoms with Crippen LogP contribution in [0.15, 0.2) is 30.5 Å². The van der Waals surface area contributed by atoms with Crippen molar-refractivity contribution >= 4 is 11.7 Å². The van der Waals surface area contributed by atoms with E-state index >= 15 is 0 Å². The van der Waals surface area contributed by atoms with Crippen LogP contribution in [0.25, 0.3) is 0 Å². The van der Waals surface area contributed by atoms with Gasteiger partial charge in [0, 0.05) is 37.8 Å². The zero-order valence-corrected chi connectivity index (χ0v) is 15.3. The number of likely N-dealkylation sites (tertiary alicyclic amines) is 1. The summed E-state index contributed by atoms with van der Waals surface area (Å²) in [5.41, 5.74) is 1.17. The Morgan fingerprint density at radius 1 is 1.08 bits per heavy atom. The highest BCUT2D eigenvalue weighted by Gasteiger charge is 2.29. The SMILES string of the molecule is COc1ccc(C(=O)N2CCC(C(=O)c3ccnn3C)CC2)cc1OC. The Hall–Kier alpha value is -2.83. The van der Waals surface area contributed by atoms with E-state index in [-0.39, 0.29) is 17.6 Å². The molecule has 3 rings (SSSR count). The highest BCUT2D eigenvalue weighted by molar-refractivity contribution is 5.97. The van der Waals surface area contributed by atoms with Gasteiger partial charge in [-0.25, -0.2) is 0 Å². The van der Waals surface area contributed by atoms with E-state index in [1.54, 1.807) is 61.3 Å². The summed E-state index contributed by atoms with van der Waals surface area (Å²) in [6.07, 6.45) is 2.94. The molecule has 0 aliphatic carbocycles. The predicted octanol–water partition coefficient (Wildman–Crippen LogP) is 2.17. The monoisotopic (exact) mass is 357 g/mol. The highest BCUT2D eigenvalue weighted by atomic mass is 16.5. The van der Waals surface area contributed by atoms with E-state index in [0.717, 1.165) is 0 Å². The van der Waals surface area contributed by atoms with Crippen molar-refractivity contribution < 1.29 is 19.1 Å². The van der Waals surface area contributed by atoms with Crippen molar-refractivity contribution in [1.82, 2.24) is 14.7 Å². The summed E-state index contributed by atoms with van der Waals surface area (Å²) in [4.78, 5) is 27.1. The molecule has 1 saturated heterocycles. The number of nitrogens with zero attached hydrogens (tertiary/aromatic N) is 3. The van der Waals surface area contributed by atoms with Gasteiger partial charge in [-0.3, -0.25) is 14.3 Å². The van der Waals surface area contributed by atoms with E-state index in [9.17, 15) is 9.59 Å². The van der Waals surface area contributed by atoms with Crippen LogP contribution in [-0.2, 0) is 7.05 Å². The molecule has 0 bridgehead atoms. The standard InChI is InChI=1S/C19H23N3O4/c1-21-15(6-9-20-21)18(23)13-7-10-22(11-8-13)19(24)14-4-5-16(25-2)17(12-14)26-3/h4-6,9,12-13H,7-8,10-11H2,1-3H3. The number of amides is 1. The number of ketones is 1. The minimum Gasteiger partial charge on any atom is -0.493 e. The first-order valence-electron chi connectivity index (χ1n) is 8.58. The van der Waals surface area contributed by atoms with E-state index in [4.69, 9.17) is 9.47 Å². The van der Waals surface area contributed by atoms with Crippen LogP contribution in [0.3, 0.4) is 0 Å². The molecule has 0 spiro atoms. The molecule has 26 heavy (non-hydrogen) atoms. The van der Waals surface area contributed by atoms with Gasteiger partial charge < -0.3 is 14.4 Å². The number of hydrogen-bond acceptors (Lipinski definition) is 5. The first-order valence-corrected chi connectivity index (χ1v) is 8.58. The minimum atomic E-state index is -0.0696. The molecule has 138 valence electrons. The molecule has 1 fully saturated rings. The van der Waals surface area contributed by atoms with Gasteiger partial charge in [0.25, 0.3) is 5.91 Å². The molecule has 7 heteroatoms. The molecule has 0 radical (unpaired) electrons. The van der Waals surface area contributed by atoms with Crippen LogP contribution in [0, 0.1) is 5.92 Å². The number of Topliss-reactive ketones (excluding diaryl/α,β-unsaturated/α-hetero) is 1. The van der Waals surface area contributed by atoms with Crippen molar-refractivity contribution in [2.75, 3.05) is 27.3 Å². The predicted molar refractivity (Wildman–Crippen MR) is 95.7 cm³/mol. The lowest BCUT2D eigenvalue weighted by molar-refractivity contribution is 0.0647. The first-order chi connectivity index (χ1) is 12.5. The number of hydrogen-bond donors (Lipinski definition) is 0. The van der Waals surface area contributed by atoms with Gasteiger partial charge in [0.1, 0.15) is 5.69 Å². The topological polar surface area (TPSA) is 73.7 Å². The summed E-state index contributed by atoms with van der Waals surface area (Å²) in [7, 11) is 4.87. The third-order valence-corrected chi connectivity index (χ3v) is 4.86. The second-order valence-electron chi connectivity index (χ2n) is 6.34. The molecule has 1 aromatic carbocycles. The number of piperidine rings is 1. The molecule has 1 amide bonds. The van der Waals surface area contributed by atoms with Crippen molar-refractivity contribution in [3.05, 3.63) is 41.7 Å². The van der Waals surface area contributed by atoms with Gasteiger partial charge in [-0.05, 0) is 37.1 Å². The van der Waals surface area contributed by atoms with Crippen molar-refractivity contribution in [3.8, 4) is 11.5 Å². The number of carbonyl (C=O) groups is 2. The van der Waals surface area contributed by atoms with Crippen molar-refractivity contribution in [3.63, 3.8) is 0 Å². The molecular weight excluding hydrogens is 334 g/mol. The van der Waals surface area contributed by atoms with Gasteiger partial charge in [0.15, 0.2) is 17.3 Å². The zero-order valence-electron chi connectivity index (χ0n) is 15.3. The van der Waals surface area contributed by atoms with E-state index in [1.807, 2.05) is 0 Å². The Balaban J connectivity index is 1.65. The molecule has 2 aromatic rings. The van der Waals surface area contributed by atoms with Crippen LogP contribution >= 0.6 is 0 Å². The zero-order chi connectivity index (χ0) is 18.7. The second-order valence-corrected chi connectivity index (χ2v) is 6.34. The van der Waals surface area contributed by atoms with Gasteiger partial charge >= 0.3 is 0 Å². The maximum atomic E-state index is 12.8. The Morgan fingerprint density at radius 3 is 2.35 bits per heavy atom. The summed E-state index contributed by atoms with van der Waals surface area (Å²) in [6.45, 7) is 1.11. The maximum absolute atomic E-state index is 12.8. The first kappa shape index (κ1) is 18.0. The van der Waals surface area contributed by atoms with Crippen LogP contribution in [-0.4, -0.2) is 53.7 Å². The summed E-state index contributed by atoms with van der Waals surface area (Å²) < 4.78 is 12.1. The fraction of sp³-hybridized carbons (Fsp3) is 0.421. The van der Waals surface area contributed by atoms with Crippen LogP contribution < -0.4 is 9.47 Å². The molecule has 0 unspecified atom stereocenters. The van der Waals surface area contributed by atoms with Gasteiger partial charge in [-0.1, -0.05) is 0 Å². The fourth-order valence-corrected chi connectivity index (χ4v) is 3.32. The number of carbonyl (C=O) groups excluding carboxylic acids is 2. The van der Waals surface area contributed by atoms with Gasteiger partial charge in [-0.15, -0.1) is 0 Å². The van der Waals surface area contributed by atoms with Crippen molar-refractivity contribution in [2.45, 2.75) is 12.8 Å². The summed E-state index contributed by atoms with van der Waals surface area (Å²) in [6, 6.07) is 6.89. The second kappa shape index (κ2) is 7.59. The van der Waals surface area contributed by atoms with Crippen LogP contribution in [0.4, 0.5) is 0 Å². The summed E-state index contributed by atoms with van der Waals surface area (Å²) in [5.74, 6) is 1.09. The Kier molecular flexibility index (Phi) is 5.25. The third-order valence-electron chi connectivity index (χ3n) is 4.86. The van der Waals surface area contributed by atoms with Crippen molar-refractivity contribution in [1.29, 1.82) is 0 Å². The molecule has 1 aliphatic heterocycles. The highest BCUT2D eigenvalue weighted by Crippen LogP contribution is 2.29. The number of benzene rings is 1. The minimum absolute atomic E-state index is 0.0580. The Morgan fingerprint density at radius 2 is 1.77 bits per heavy atom. The molecule has 0 saturated carbocycles. The van der Waals surface area contributed by atoms with Crippen LogP contribution in [0.2, 0.25) is 0 Å². The lowest BCUT2D eigenvalue weighted by Gasteiger charge is -2.31. The summed E-state index contributed by atoms with van der Waals surface area (Å²) in [5, 5.41) is 4.06. The van der Waals surface area contributed by atoms with Gasteiger partial charge in [0.05, 0.1) is 14.2 Å². The maximum Gasteiger partial charge on any atom is 0.253 e. The van der Waals surface area contributed by atoms with Gasteiger partial charge in [0.2, 0.25) is 0 Å². The lowest BCUT2D eigenvalue weighted by atomic mass is 9.90. The molecule has 7 nitrogen and oxygen atoms in total. The molecular formula is C19H23N3O4. The molecule has 0 atom stereocenters. The Labute approximate surface area is 152 Å². The smallest absolute Gasteiger partial charge is 0.253 e. The van der Waals surface area contributed by atoms with Crippen molar-refractivity contribution in [2.24, 2.45) is 13.0 Å². The van der Waals surface area contributed by atoms with Gasteiger partial charge in [-0.2, -0.15) is 5.10 Å². The molecule has 2 heterocycles. The average Bonchev–Trinajstić information content (AvgIpc) is 3.12. The number of rotatable bonds is 5. The average molecular weight is 357 g/mol. The largest absolute Gasteiger partial charge is 0.493 e. The third kappa shape index (κ3) is 3.42. The van der Waals surface area contributed by atoms with E-state index in [1.165, 1.54) is 0 Å². The fourth-order valence-electron chi connectivity index (χ4n) is 3.32. The number of aryl methyl sites for hydroxylation is 1. The Bertz CT molecular complexity index is 807. The number of methoxy groups -OCH3 is 2. The van der Waals surface area contributed by atoms with E-state index in [0.29, 0.717) is 48.7 Å². The molecule has 1 aliphatic rings. The quantitative estimate of drug-likeness (QED) is 0.767. The van der Waals surface area contributed by atoms with E-state index < -0.39 is 0 Å². The lowest BCUT2D eigenvalue weighted by Crippen LogP contribution is -2.40. The van der Waals surface area contributed by atoms with Crippen LogP contribution in [0.1, 0.15) is 33.7 Å². The molecule has 0 N–H and O–H groups in total. The molecule has 1 aromatic heterocycles. The van der Waals surface area contributed by atoms with E-state index in [2.05, 4.69) is 5.10 Å². The normalized spacial score (nSPS) is 15.0.